The third-order valence-electron chi connectivity index (χ3n) is 1.17. The van der Waals surface area contributed by atoms with E-state index in [0.29, 0.717) is 10.6 Å². The molecule has 1 radical (unpaired) electrons. The van der Waals surface area contributed by atoms with Crippen LogP contribution >= 0.6 is 11.6 Å². The summed E-state index contributed by atoms with van der Waals surface area (Å²) in [6.45, 7) is 0. The van der Waals surface area contributed by atoms with Gasteiger partial charge in [0.1, 0.15) is 10.7 Å². The Bertz CT molecular complexity index is 312. The van der Waals surface area contributed by atoms with Crippen LogP contribution in [0.3, 0.4) is 0 Å². The molecule has 0 aliphatic heterocycles. The van der Waals surface area contributed by atoms with E-state index in [0.717, 1.165) is 0 Å². The molecule has 0 unspecified atom stereocenters. The zero-order valence-electron chi connectivity index (χ0n) is 5.58. The first kappa shape index (κ1) is 8.56. The van der Waals surface area contributed by atoms with Crippen molar-refractivity contribution >= 4 is 22.3 Å². The van der Waals surface area contributed by atoms with Gasteiger partial charge in [-0.15, -0.1) is 0 Å². The summed E-state index contributed by atoms with van der Waals surface area (Å²) in [7, 11) is -2.41. The number of benzene rings is 1. The Balaban J connectivity index is 2.94. The Morgan fingerprint density at radius 3 is 2.82 bits per heavy atom. The van der Waals surface area contributed by atoms with Crippen LogP contribution in [0.1, 0.15) is 5.56 Å². The van der Waals surface area contributed by atoms with Gasteiger partial charge in [-0.25, -0.2) is 8.42 Å². The molecule has 4 heteroatoms. The summed E-state index contributed by atoms with van der Waals surface area (Å²) in [5.74, 6) is -0.0327. The van der Waals surface area contributed by atoms with Crippen LogP contribution in [0.15, 0.2) is 18.2 Å². The third kappa shape index (κ3) is 2.52. The largest absolute Gasteiger partial charge is 0.232 e. The second kappa shape index (κ2) is 3.74. The van der Waals surface area contributed by atoms with E-state index in [1.165, 1.54) is 0 Å². The summed E-state index contributed by atoms with van der Waals surface area (Å²) in [5, 5.41) is 0.451. The molecule has 1 aromatic carbocycles. The molecule has 0 N–H and O–H groups in total. The number of thiol groups is 1. The number of hydrogen-bond donors (Lipinski definition) is 1. The molecule has 0 amide bonds. The predicted octanol–water partition coefficient (Wildman–Crippen LogP) is 1.25. The zero-order chi connectivity index (χ0) is 8.27. The van der Waals surface area contributed by atoms with Crippen molar-refractivity contribution in [3.8, 4) is 0 Å². The van der Waals surface area contributed by atoms with Crippen molar-refractivity contribution < 1.29 is 8.42 Å². The van der Waals surface area contributed by atoms with Crippen molar-refractivity contribution in [1.29, 1.82) is 0 Å². The zero-order valence-corrected chi connectivity index (χ0v) is 7.23. The summed E-state index contributed by atoms with van der Waals surface area (Å²) in [6, 6.07) is 7.75. The molecule has 0 saturated heterocycles. The molecule has 1 rings (SSSR count). The monoisotopic (exact) mass is 189 g/mol. The van der Waals surface area contributed by atoms with Crippen LogP contribution in [0.2, 0.25) is 5.02 Å². The molecule has 0 fully saturated rings. The SMILES string of the molecule is O=[SH](=O)Cc1[c]cccc1Cl. The van der Waals surface area contributed by atoms with E-state index in [9.17, 15) is 8.42 Å². The maximum Gasteiger partial charge on any atom is 0.144 e. The van der Waals surface area contributed by atoms with Crippen molar-refractivity contribution in [3.63, 3.8) is 0 Å². The van der Waals surface area contributed by atoms with Crippen molar-refractivity contribution in [2.24, 2.45) is 0 Å². The van der Waals surface area contributed by atoms with E-state index in [1.807, 2.05) is 0 Å². The first-order valence-electron chi connectivity index (χ1n) is 2.97. The van der Waals surface area contributed by atoms with Crippen LogP contribution in [0.5, 0.6) is 0 Å². The summed E-state index contributed by atoms with van der Waals surface area (Å²) >= 11 is 5.67. The Hall–Kier alpha value is -0.540. The highest BCUT2D eigenvalue weighted by Gasteiger charge is 1.98. The lowest BCUT2D eigenvalue weighted by molar-refractivity contribution is 0.614. The lowest BCUT2D eigenvalue weighted by atomic mass is 10.2. The van der Waals surface area contributed by atoms with Gasteiger partial charge in [-0.3, -0.25) is 0 Å². The summed E-state index contributed by atoms with van der Waals surface area (Å²) in [5.41, 5.74) is 0.533. The van der Waals surface area contributed by atoms with Crippen LogP contribution in [0.25, 0.3) is 0 Å². The molecule has 0 atom stereocenters. The fraction of sp³-hybridized carbons (Fsp3) is 0.143. The lowest BCUT2D eigenvalue weighted by Crippen LogP contribution is -1.87. The molecular formula is C7H6ClO2S. The molecule has 0 saturated carbocycles. The van der Waals surface area contributed by atoms with E-state index < -0.39 is 10.7 Å². The number of halogens is 1. The first-order valence-corrected chi connectivity index (χ1v) is 4.71. The fourth-order valence-electron chi connectivity index (χ4n) is 0.701. The van der Waals surface area contributed by atoms with Gasteiger partial charge in [-0.1, -0.05) is 23.7 Å². The van der Waals surface area contributed by atoms with E-state index >= 15 is 0 Å². The molecule has 1 aromatic rings. The van der Waals surface area contributed by atoms with E-state index in [4.69, 9.17) is 11.6 Å². The van der Waals surface area contributed by atoms with Gasteiger partial charge in [0.15, 0.2) is 0 Å². The summed E-state index contributed by atoms with van der Waals surface area (Å²) in [6.07, 6.45) is 0. The average Bonchev–Trinajstić information content (AvgIpc) is 1.93. The topological polar surface area (TPSA) is 34.1 Å². The Morgan fingerprint density at radius 1 is 1.55 bits per heavy atom. The van der Waals surface area contributed by atoms with Crippen LogP contribution in [0, 0.1) is 6.07 Å². The maximum atomic E-state index is 10.3. The quantitative estimate of drug-likeness (QED) is 0.711. The fourth-order valence-corrected chi connectivity index (χ4v) is 1.51. The first-order chi connectivity index (χ1) is 5.20. The molecule has 0 heterocycles. The van der Waals surface area contributed by atoms with Gasteiger partial charge in [0, 0.05) is 5.02 Å². The smallest absolute Gasteiger partial charge is 0.144 e. The highest BCUT2D eigenvalue weighted by Crippen LogP contribution is 2.14. The van der Waals surface area contributed by atoms with Crippen LogP contribution in [-0.4, -0.2) is 8.42 Å². The van der Waals surface area contributed by atoms with Gasteiger partial charge in [0.05, 0.1) is 5.75 Å². The van der Waals surface area contributed by atoms with E-state index in [2.05, 4.69) is 6.07 Å². The second-order valence-electron chi connectivity index (χ2n) is 1.99. The Morgan fingerprint density at radius 2 is 2.27 bits per heavy atom. The molecule has 0 bridgehead atoms. The minimum absolute atomic E-state index is 0.0327. The van der Waals surface area contributed by atoms with Crippen molar-refractivity contribution in [2.45, 2.75) is 5.75 Å². The van der Waals surface area contributed by atoms with Crippen LogP contribution < -0.4 is 0 Å². The number of hydrogen-bond acceptors (Lipinski definition) is 2. The predicted molar refractivity (Wildman–Crippen MR) is 44.3 cm³/mol. The number of rotatable bonds is 2. The van der Waals surface area contributed by atoms with Crippen LogP contribution in [-0.2, 0) is 16.5 Å². The summed E-state index contributed by atoms with van der Waals surface area (Å²) < 4.78 is 20.6. The van der Waals surface area contributed by atoms with E-state index in [-0.39, 0.29) is 5.75 Å². The van der Waals surface area contributed by atoms with Gasteiger partial charge < -0.3 is 0 Å². The average molecular weight is 190 g/mol. The Labute approximate surface area is 71.8 Å². The molecule has 0 aromatic heterocycles. The summed E-state index contributed by atoms with van der Waals surface area (Å²) in [4.78, 5) is 0. The molecule has 0 aliphatic carbocycles. The standard InChI is InChI=1S/C7H6ClO2S/c8-7-4-2-1-3-6(7)5-11(9)10/h1-2,4,11H,5H2. The van der Waals surface area contributed by atoms with Crippen LogP contribution in [0.4, 0.5) is 0 Å². The Kier molecular flexibility index (Phi) is 2.91. The van der Waals surface area contributed by atoms with Gasteiger partial charge >= 0.3 is 0 Å². The molecule has 59 valence electrons. The maximum absolute atomic E-state index is 10.3. The molecule has 0 spiro atoms. The normalized spacial score (nSPS) is 10.4. The van der Waals surface area contributed by atoms with Gasteiger partial charge in [-0.05, 0) is 17.7 Å². The highest BCUT2D eigenvalue weighted by atomic mass is 35.5. The molecular weight excluding hydrogens is 184 g/mol. The van der Waals surface area contributed by atoms with Crippen molar-refractivity contribution in [1.82, 2.24) is 0 Å². The molecule has 0 aliphatic rings. The minimum Gasteiger partial charge on any atom is -0.232 e. The lowest BCUT2D eigenvalue weighted by Gasteiger charge is -1.95. The minimum atomic E-state index is -2.41. The van der Waals surface area contributed by atoms with E-state index in [1.54, 1.807) is 18.2 Å². The molecule has 2 nitrogen and oxygen atoms in total. The van der Waals surface area contributed by atoms with Crippen molar-refractivity contribution in [3.05, 3.63) is 34.9 Å². The highest BCUT2D eigenvalue weighted by molar-refractivity contribution is 7.71. The van der Waals surface area contributed by atoms with Gasteiger partial charge in [0.2, 0.25) is 0 Å². The molecule has 11 heavy (non-hydrogen) atoms. The van der Waals surface area contributed by atoms with Gasteiger partial charge in [-0.2, -0.15) is 0 Å². The third-order valence-corrected chi connectivity index (χ3v) is 2.10. The van der Waals surface area contributed by atoms with Crippen molar-refractivity contribution in [2.75, 3.05) is 0 Å². The van der Waals surface area contributed by atoms with Gasteiger partial charge in [0.25, 0.3) is 0 Å². The second-order valence-corrected chi connectivity index (χ2v) is 3.38.